The second-order valence-corrected chi connectivity index (χ2v) is 4.25. The largest absolute Gasteiger partial charge is 0.501 e. The van der Waals surface area contributed by atoms with Crippen LogP contribution in [0.2, 0.25) is 0 Å². The van der Waals surface area contributed by atoms with Crippen LogP contribution in [0.1, 0.15) is 32.3 Å². The van der Waals surface area contributed by atoms with Crippen molar-refractivity contribution < 1.29 is 9.53 Å². The molecule has 0 heterocycles. The molecule has 0 fully saturated rings. The fourth-order valence-corrected chi connectivity index (χ4v) is 1.61. The lowest BCUT2D eigenvalue weighted by atomic mass is 10.1. The molecular weight excluding hydrogens is 226 g/mol. The monoisotopic (exact) mass is 247 g/mol. The van der Waals surface area contributed by atoms with E-state index in [0.717, 1.165) is 12.1 Å². The Bertz CT molecular complexity index is 424. The van der Waals surface area contributed by atoms with E-state index in [1.807, 2.05) is 18.2 Å². The van der Waals surface area contributed by atoms with Gasteiger partial charge < -0.3 is 10.1 Å². The van der Waals surface area contributed by atoms with E-state index in [1.54, 1.807) is 14.0 Å². The number of nitrogens with one attached hydrogen (secondary N) is 1. The minimum absolute atomic E-state index is 0.165. The van der Waals surface area contributed by atoms with Gasteiger partial charge in [0.25, 0.3) is 5.91 Å². The number of hydrogen-bond donors (Lipinski definition) is 1. The van der Waals surface area contributed by atoms with Gasteiger partial charge in [0.1, 0.15) is 0 Å². The molecule has 0 saturated carbocycles. The van der Waals surface area contributed by atoms with Crippen molar-refractivity contribution >= 4 is 11.6 Å². The Balaban J connectivity index is 2.64. The molecule has 98 valence electrons. The molecule has 0 aromatic heterocycles. The third kappa shape index (κ3) is 5.04. The van der Waals surface area contributed by atoms with Crippen LogP contribution in [0.4, 0.5) is 5.69 Å². The average molecular weight is 247 g/mol. The quantitative estimate of drug-likeness (QED) is 0.617. The number of methoxy groups -OCH3 is 1. The van der Waals surface area contributed by atoms with E-state index in [2.05, 4.69) is 18.3 Å². The van der Waals surface area contributed by atoms with Crippen LogP contribution in [0.25, 0.3) is 0 Å². The van der Waals surface area contributed by atoms with Gasteiger partial charge in [0, 0.05) is 11.8 Å². The molecule has 0 aliphatic carbocycles. The second kappa shape index (κ2) is 7.54. The Morgan fingerprint density at radius 3 is 2.89 bits per heavy atom. The van der Waals surface area contributed by atoms with Crippen molar-refractivity contribution in [3.05, 3.63) is 41.7 Å². The Labute approximate surface area is 109 Å². The number of allylic oxidation sites excluding steroid dienone is 1. The molecule has 1 aromatic carbocycles. The number of anilines is 1. The van der Waals surface area contributed by atoms with Crippen LogP contribution in [-0.4, -0.2) is 13.0 Å². The maximum absolute atomic E-state index is 11.6. The summed E-state index contributed by atoms with van der Waals surface area (Å²) >= 11 is 0. The van der Waals surface area contributed by atoms with Crippen molar-refractivity contribution in [3.8, 4) is 0 Å². The van der Waals surface area contributed by atoms with Gasteiger partial charge in [-0.05, 0) is 37.5 Å². The van der Waals surface area contributed by atoms with Crippen LogP contribution in [0.15, 0.2) is 36.1 Å². The van der Waals surface area contributed by atoms with Gasteiger partial charge in [0.2, 0.25) is 0 Å². The summed E-state index contributed by atoms with van der Waals surface area (Å²) in [5, 5.41) is 2.83. The molecule has 1 aromatic rings. The fraction of sp³-hybridized carbons (Fsp3) is 0.400. The molecular formula is C15H21NO2. The van der Waals surface area contributed by atoms with E-state index in [-0.39, 0.29) is 5.91 Å². The van der Waals surface area contributed by atoms with E-state index >= 15 is 0 Å². The van der Waals surface area contributed by atoms with Crippen molar-refractivity contribution in [1.82, 2.24) is 0 Å². The number of carbonyl (C=O) groups is 1. The Hall–Kier alpha value is -1.77. The standard InChI is InChI=1S/C15H21NO2/c1-4-5-7-13-8-6-9-14(11-13)16-15(17)10-12(2)18-3/h6,8-11H,4-5,7H2,1-3H3,(H,16,17). The molecule has 0 bridgehead atoms. The summed E-state index contributed by atoms with van der Waals surface area (Å²) < 4.78 is 4.94. The predicted octanol–water partition coefficient (Wildman–Crippen LogP) is 3.52. The molecule has 0 aliphatic heterocycles. The number of aryl methyl sites for hydroxylation is 1. The highest BCUT2D eigenvalue weighted by Crippen LogP contribution is 2.13. The molecule has 3 nitrogen and oxygen atoms in total. The fourth-order valence-electron chi connectivity index (χ4n) is 1.61. The number of rotatable bonds is 6. The zero-order chi connectivity index (χ0) is 13.4. The second-order valence-electron chi connectivity index (χ2n) is 4.25. The van der Waals surface area contributed by atoms with Gasteiger partial charge in [-0.1, -0.05) is 25.5 Å². The van der Waals surface area contributed by atoms with Crippen molar-refractivity contribution in [2.45, 2.75) is 33.1 Å². The highest BCUT2D eigenvalue weighted by atomic mass is 16.5. The van der Waals surface area contributed by atoms with E-state index in [1.165, 1.54) is 24.5 Å². The number of amides is 1. The minimum Gasteiger partial charge on any atom is -0.501 e. The third-order valence-electron chi connectivity index (χ3n) is 2.67. The van der Waals surface area contributed by atoms with Crippen LogP contribution in [-0.2, 0) is 16.0 Å². The SMILES string of the molecule is CCCCc1cccc(NC(=O)C=C(C)OC)c1. The van der Waals surface area contributed by atoms with Crippen LogP contribution >= 0.6 is 0 Å². The van der Waals surface area contributed by atoms with E-state index in [4.69, 9.17) is 4.74 Å². The summed E-state index contributed by atoms with van der Waals surface area (Å²) in [7, 11) is 1.55. The number of unbranched alkanes of at least 4 members (excludes halogenated alkanes) is 1. The summed E-state index contributed by atoms with van der Waals surface area (Å²) in [6, 6.07) is 7.96. The molecule has 1 amide bonds. The maximum atomic E-state index is 11.6. The minimum atomic E-state index is -0.165. The van der Waals surface area contributed by atoms with E-state index in [9.17, 15) is 4.79 Å². The summed E-state index contributed by atoms with van der Waals surface area (Å²) in [6.07, 6.45) is 4.83. The number of ether oxygens (including phenoxy) is 1. The van der Waals surface area contributed by atoms with Crippen LogP contribution < -0.4 is 5.32 Å². The van der Waals surface area contributed by atoms with Gasteiger partial charge in [-0.2, -0.15) is 0 Å². The van der Waals surface area contributed by atoms with E-state index < -0.39 is 0 Å². The van der Waals surface area contributed by atoms with Crippen molar-refractivity contribution in [1.29, 1.82) is 0 Å². The van der Waals surface area contributed by atoms with Gasteiger partial charge in [-0.3, -0.25) is 4.79 Å². The Morgan fingerprint density at radius 2 is 2.22 bits per heavy atom. The number of hydrogen-bond acceptors (Lipinski definition) is 2. The molecule has 0 spiro atoms. The molecule has 0 unspecified atom stereocenters. The van der Waals surface area contributed by atoms with Gasteiger partial charge in [0.05, 0.1) is 12.9 Å². The third-order valence-corrected chi connectivity index (χ3v) is 2.67. The molecule has 18 heavy (non-hydrogen) atoms. The molecule has 1 N–H and O–H groups in total. The van der Waals surface area contributed by atoms with Gasteiger partial charge in [0.15, 0.2) is 0 Å². The average Bonchev–Trinajstić information content (AvgIpc) is 2.36. The molecule has 0 aliphatic rings. The zero-order valence-electron chi connectivity index (χ0n) is 11.3. The highest BCUT2D eigenvalue weighted by molar-refractivity contribution is 5.99. The van der Waals surface area contributed by atoms with Crippen molar-refractivity contribution in [3.63, 3.8) is 0 Å². The number of carbonyl (C=O) groups excluding carboxylic acids is 1. The van der Waals surface area contributed by atoms with Crippen LogP contribution in [0, 0.1) is 0 Å². The summed E-state index contributed by atoms with van der Waals surface area (Å²) in [5.41, 5.74) is 2.08. The molecule has 1 rings (SSSR count). The lowest BCUT2D eigenvalue weighted by molar-refractivity contribution is -0.112. The lowest BCUT2D eigenvalue weighted by Gasteiger charge is -2.06. The van der Waals surface area contributed by atoms with Gasteiger partial charge in [-0.25, -0.2) is 0 Å². The molecule has 0 atom stereocenters. The van der Waals surface area contributed by atoms with Crippen molar-refractivity contribution in [2.24, 2.45) is 0 Å². The predicted molar refractivity (Wildman–Crippen MR) is 74.4 cm³/mol. The van der Waals surface area contributed by atoms with Crippen LogP contribution in [0.5, 0.6) is 0 Å². The summed E-state index contributed by atoms with van der Waals surface area (Å²) in [4.78, 5) is 11.6. The van der Waals surface area contributed by atoms with E-state index in [0.29, 0.717) is 5.76 Å². The van der Waals surface area contributed by atoms with Gasteiger partial charge >= 0.3 is 0 Å². The first kappa shape index (κ1) is 14.3. The Morgan fingerprint density at radius 1 is 1.44 bits per heavy atom. The van der Waals surface area contributed by atoms with Crippen LogP contribution in [0.3, 0.4) is 0 Å². The first-order chi connectivity index (χ1) is 8.65. The summed E-state index contributed by atoms with van der Waals surface area (Å²) in [6.45, 7) is 3.92. The zero-order valence-corrected chi connectivity index (χ0v) is 11.3. The summed E-state index contributed by atoms with van der Waals surface area (Å²) in [5.74, 6) is 0.427. The van der Waals surface area contributed by atoms with Gasteiger partial charge in [-0.15, -0.1) is 0 Å². The topological polar surface area (TPSA) is 38.3 Å². The first-order valence-corrected chi connectivity index (χ1v) is 6.28. The molecule has 0 saturated heterocycles. The lowest BCUT2D eigenvalue weighted by Crippen LogP contribution is -2.09. The maximum Gasteiger partial charge on any atom is 0.251 e. The Kier molecular flexibility index (Phi) is 5.98. The molecule has 3 heteroatoms. The normalized spacial score (nSPS) is 11.2. The molecule has 0 radical (unpaired) electrons. The first-order valence-electron chi connectivity index (χ1n) is 6.28. The number of benzene rings is 1. The highest BCUT2D eigenvalue weighted by Gasteiger charge is 2.01. The smallest absolute Gasteiger partial charge is 0.251 e. The van der Waals surface area contributed by atoms with Crippen molar-refractivity contribution in [2.75, 3.05) is 12.4 Å².